The Kier molecular flexibility index (Phi) is 2.48. The normalized spacial score (nSPS) is 57.3. The Morgan fingerprint density at radius 2 is 1.02 bits per heavy atom. The molecule has 10 heterocycles. The first kappa shape index (κ1) is 26.5. The van der Waals surface area contributed by atoms with Gasteiger partial charge >= 0.3 is 209 Å². The summed E-state index contributed by atoms with van der Waals surface area (Å²) in [5, 5.41) is 2.38. The summed E-state index contributed by atoms with van der Waals surface area (Å²) in [5.74, 6) is 0. The maximum Gasteiger partial charge on any atom is -0.0235 e. The van der Waals surface area contributed by atoms with Crippen molar-refractivity contribution in [3.63, 3.8) is 0 Å². The largest absolute Gasteiger partial charge is 0.132 e. The molecule has 0 aromatic heterocycles. The topological polar surface area (TPSA) is 0 Å². The van der Waals surface area contributed by atoms with E-state index < -0.39 is 37.9 Å². The van der Waals surface area contributed by atoms with Gasteiger partial charge in [-0.15, -0.1) is 9.24 Å². The molecule has 0 nitrogen and oxygen atoms in total. The van der Waals surface area contributed by atoms with Crippen molar-refractivity contribution >= 4 is 27.8 Å². The Hall–Kier alpha value is -0.601. The third kappa shape index (κ3) is 0.823. The summed E-state index contributed by atoms with van der Waals surface area (Å²) >= 11 is 0. The predicted octanol–water partition coefficient (Wildman–Crippen LogP) is 11.3. The van der Waals surface area contributed by atoms with Crippen LogP contribution in [-0.4, -0.2) is 9.21 Å². The average molecular weight is 680 g/mol. The van der Waals surface area contributed by atoms with Crippen molar-refractivity contribution in [3.8, 4) is 0 Å². The molecule has 0 saturated carbocycles. The van der Waals surface area contributed by atoms with E-state index in [9.17, 15) is 26.3 Å². The third-order valence-corrected chi connectivity index (χ3v) is 70.0. The van der Waals surface area contributed by atoms with E-state index in [0.717, 1.165) is 49.1 Å². The van der Waals surface area contributed by atoms with Crippen LogP contribution in [0.5, 0.6) is 0 Å². The molecule has 6 atom stereocenters. The van der Waals surface area contributed by atoms with Crippen LogP contribution in [0.15, 0.2) is 48.5 Å². The van der Waals surface area contributed by atoms with E-state index in [4.69, 9.17) is 0 Å². The summed E-state index contributed by atoms with van der Waals surface area (Å²) in [6, 6.07) is 11.7. The maximum atomic E-state index is 13.5. The third-order valence-electron chi connectivity index (χ3n) is 19.6. The van der Waals surface area contributed by atoms with E-state index in [1.807, 2.05) is 0 Å². The Bertz CT molecular complexity index is 1940. The van der Waals surface area contributed by atoms with Gasteiger partial charge in [0.1, 0.15) is 0 Å². The minimum atomic E-state index is -4.40. The Morgan fingerprint density at radius 1 is 0.651 bits per heavy atom. The van der Waals surface area contributed by atoms with Crippen molar-refractivity contribution in [2.24, 2.45) is 5.41 Å². The second kappa shape index (κ2) is 4.04. The minimum absolute atomic E-state index is 0.230. The summed E-state index contributed by atoms with van der Waals surface area (Å²) in [5.41, 5.74) is -1.05. The molecular formula is C34H40F6FeP2. The molecule has 10 saturated heterocycles. The number of rotatable bonds is 5. The first-order chi connectivity index (χ1) is 19.4. The molecule has 0 amide bonds. The number of fused-ring (bicyclic) bond motifs is 10. The van der Waals surface area contributed by atoms with Crippen LogP contribution in [0.4, 0.5) is 26.3 Å². The van der Waals surface area contributed by atoms with Crippen LogP contribution in [0, 0.1) is 5.41 Å². The quantitative estimate of drug-likeness (QED) is 0.168. The second-order valence-corrected chi connectivity index (χ2v) is 47.6. The van der Waals surface area contributed by atoms with Gasteiger partial charge in [-0.1, -0.05) is 20.8 Å². The monoisotopic (exact) mass is 680 g/mol. The number of hydrogen-bond donors (Lipinski definition) is 0. The molecule has 2 aromatic rings. The van der Waals surface area contributed by atoms with Gasteiger partial charge < -0.3 is 0 Å². The van der Waals surface area contributed by atoms with Gasteiger partial charge in [-0.05, 0) is 5.16 Å². The first-order valence-corrected chi connectivity index (χ1v) is 23.7. The van der Waals surface area contributed by atoms with E-state index in [1.54, 1.807) is 24.3 Å². The van der Waals surface area contributed by atoms with Gasteiger partial charge in [-0.3, -0.25) is 0 Å². The SMILES string of the molecule is CC(C)(C)CC[C@]12[CH]3[CH]4[CH]5[C]1(P(c1ccc(C(F)(F)F)cc1)c1ccc(C(F)(F)F)cc1)[Fe]45321678[CH]2[CH]1[CH]6[CH]7[CH]28.CC(C)(C)P. The molecule has 236 valence electrons. The molecule has 43 heavy (non-hydrogen) atoms. The second-order valence-electron chi connectivity index (χ2n) is 19.7. The molecule has 0 aliphatic carbocycles. The van der Waals surface area contributed by atoms with Gasteiger partial charge in [0.25, 0.3) is 0 Å². The molecule has 12 rings (SSSR count). The van der Waals surface area contributed by atoms with Crippen LogP contribution < -0.4 is 10.6 Å². The van der Waals surface area contributed by atoms with Crippen LogP contribution in [-0.2, 0) is 18.9 Å². The summed E-state index contributed by atoms with van der Waals surface area (Å²) in [7, 11) is 1.72. The van der Waals surface area contributed by atoms with Gasteiger partial charge in [-0.25, -0.2) is 0 Å². The fourth-order valence-corrected chi connectivity index (χ4v) is 112. The smallest absolute Gasteiger partial charge is 0.0235 e. The molecule has 10 fully saturated rings. The predicted molar refractivity (Wildman–Crippen MR) is 163 cm³/mol. The van der Waals surface area contributed by atoms with Crippen molar-refractivity contribution in [2.75, 3.05) is 0 Å². The maximum absolute atomic E-state index is 13.5. The Morgan fingerprint density at radius 3 is 1.30 bits per heavy atom. The Labute approximate surface area is 243 Å². The number of benzene rings is 2. The summed E-state index contributed by atoms with van der Waals surface area (Å²) in [4.78, 5) is 7.90. The fourth-order valence-electron chi connectivity index (χ4n) is 20.9. The molecule has 0 bridgehead atoms. The van der Waals surface area contributed by atoms with E-state index in [0.29, 0.717) is 9.47 Å². The van der Waals surface area contributed by atoms with Crippen molar-refractivity contribution in [1.29, 1.82) is 0 Å². The Balaban J connectivity index is 0.000000437. The molecule has 10 aliphatic heterocycles. The van der Waals surface area contributed by atoms with Gasteiger partial charge in [0.15, 0.2) is 0 Å². The molecule has 10 aliphatic rings. The van der Waals surface area contributed by atoms with Crippen LogP contribution >= 0.6 is 17.2 Å². The van der Waals surface area contributed by atoms with Gasteiger partial charge in [0.2, 0.25) is 0 Å². The zero-order chi connectivity index (χ0) is 30.9. The zero-order valence-corrected chi connectivity index (χ0v) is 28.5. The summed E-state index contributed by atoms with van der Waals surface area (Å²) in [6.07, 6.45) is -6.34. The molecule has 0 radical (unpaired) electrons. The van der Waals surface area contributed by atoms with Gasteiger partial charge in [0, 0.05) is 0 Å². The molecule has 1 spiro atoms. The van der Waals surface area contributed by atoms with Gasteiger partial charge in [0.05, 0.1) is 0 Å². The molecule has 2 aromatic carbocycles. The van der Waals surface area contributed by atoms with Crippen LogP contribution in [0.2, 0.25) is 42.8 Å². The zero-order valence-electron chi connectivity index (χ0n) is 25.3. The van der Waals surface area contributed by atoms with E-state index in [-0.39, 0.29) is 9.47 Å². The van der Waals surface area contributed by atoms with Crippen molar-refractivity contribution in [3.05, 3.63) is 59.7 Å². The number of hydrogen-bond acceptors (Lipinski definition) is 0. The van der Waals surface area contributed by atoms with Crippen LogP contribution in [0.3, 0.4) is 0 Å². The van der Waals surface area contributed by atoms with Crippen LogP contribution in [0.1, 0.15) is 65.5 Å². The molecule has 9 heteroatoms. The van der Waals surface area contributed by atoms with Crippen molar-refractivity contribution < 1.29 is 32.9 Å². The van der Waals surface area contributed by atoms with Crippen molar-refractivity contribution in [1.82, 2.24) is 0 Å². The van der Waals surface area contributed by atoms with E-state index >= 15 is 0 Å². The first-order valence-electron chi connectivity index (χ1n) is 15.6. The standard InChI is InChI=1S/C25H24F6P.C5H5.C4H11P.Fe/c1-23(2,3)16-15-17-5-4-6-22(17)32(20-11-7-18(8-12-20)24(26,27)28)21-13-9-19(10-14-21)25(29,30)31;1-2-4-5-3-1;1-4(2,3)5;/h4-14H,15-16H2,1-3H3;1-5H;5H2,1-3H3;. The van der Waals surface area contributed by atoms with Crippen molar-refractivity contribution in [2.45, 2.75) is 119 Å². The average Bonchev–Trinajstić information content (AvgIpc) is 3.81. The number of halogens is 6. The number of alkyl halides is 6. The molecular weight excluding hydrogens is 640 g/mol. The van der Waals surface area contributed by atoms with E-state index in [1.165, 1.54) is 37.1 Å². The van der Waals surface area contributed by atoms with Crippen LogP contribution in [0.25, 0.3) is 0 Å². The summed E-state index contributed by atoms with van der Waals surface area (Å²) < 4.78 is 81.8. The molecule has 5 unspecified atom stereocenters. The molecule has 0 N–H and O–H groups in total. The minimum Gasteiger partial charge on any atom is -0.132 e. The summed E-state index contributed by atoms with van der Waals surface area (Å²) in [6.45, 7) is 9.40. The fraction of sp³-hybridized carbons (Fsp3) is 0.647. The van der Waals surface area contributed by atoms with E-state index in [2.05, 4.69) is 50.8 Å². The van der Waals surface area contributed by atoms with Gasteiger partial charge in [-0.2, -0.15) is 0 Å².